The number of hydrogen-bond donors (Lipinski definition) is 0. The van der Waals surface area contributed by atoms with Gasteiger partial charge >= 0.3 is 0 Å². The van der Waals surface area contributed by atoms with Crippen LogP contribution in [0.5, 0.6) is 0 Å². The van der Waals surface area contributed by atoms with Crippen LogP contribution in [0.2, 0.25) is 19.6 Å². The number of pyridine rings is 1. The smallest absolute Gasteiger partial charge is 0.201 e. The number of rotatable bonds is 4. The van der Waals surface area contributed by atoms with Gasteiger partial charge in [-0.05, 0) is 53.6 Å². The van der Waals surface area contributed by atoms with Crippen molar-refractivity contribution in [2.45, 2.75) is 53.3 Å². The summed E-state index contributed by atoms with van der Waals surface area (Å²) in [6.45, 7) is 16.4. The van der Waals surface area contributed by atoms with Gasteiger partial charge in [-0.2, -0.15) is 0 Å². The van der Waals surface area contributed by atoms with E-state index in [9.17, 15) is 0 Å². The molecule has 0 N–H and O–H groups in total. The summed E-state index contributed by atoms with van der Waals surface area (Å²) in [6.07, 6.45) is 2.40. The Labute approximate surface area is 172 Å². The van der Waals surface area contributed by atoms with Crippen LogP contribution in [0, 0.1) is 13.8 Å². The summed E-state index contributed by atoms with van der Waals surface area (Å²) in [4.78, 5) is 0. The minimum absolute atomic E-state index is 0.529. The summed E-state index contributed by atoms with van der Waals surface area (Å²) in [6, 6.07) is 17.9. The number of aryl methyl sites for hydroxylation is 3. The Morgan fingerprint density at radius 3 is 2.00 bits per heavy atom. The molecule has 0 saturated heterocycles. The van der Waals surface area contributed by atoms with E-state index < -0.39 is 8.07 Å². The second kappa shape index (κ2) is 7.67. The average molecular weight is 389 g/mol. The van der Waals surface area contributed by atoms with Crippen molar-refractivity contribution in [3.8, 4) is 22.4 Å². The third-order valence-corrected chi connectivity index (χ3v) is 7.70. The van der Waals surface area contributed by atoms with Gasteiger partial charge in [-0.25, -0.2) is 4.57 Å². The molecule has 146 valence electrons. The van der Waals surface area contributed by atoms with Crippen LogP contribution in [-0.2, 0) is 7.05 Å². The van der Waals surface area contributed by atoms with Crippen LogP contribution in [0.4, 0.5) is 0 Å². The molecule has 0 unspecified atom stereocenters. The second-order valence-electron chi connectivity index (χ2n) is 9.39. The van der Waals surface area contributed by atoms with E-state index in [0.717, 1.165) is 0 Å². The van der Waals surface area contributed by atoms with Crippen molar-refractivity contribution < 1.29 is 4.57 Å². The first-order valence-electron chi connectivity index (χ1n) is 10.3. The molecule has 0 radical (unpaired) electrons. The van der Waals surface area contributed by atoms with Crippen LogP contribution in [0.25, 0.3) is 22.4 Å². The molecular weight excluding hydrogens is 354 g/mol. The summed E-state index contributed by atoms with van der Waals surface area (Å²) in [5.41, 5.74) is 9.42. The van der Waals surface area contributed by atoms with E-state index in [4.69, 9.17) is 0 Å². The van der Waals surface area contributed by atoms with E-state index in [1.54, 1.807) is 5.19 Å². The average Bonchev–Trinajstić information content (AvgIpc) is 2.62. The molecule has 0 amide bonds. The zero-order valence-electron chi connectivity index (χ0n) is 18.7. The van der Waals surface area contributed by atoms with Crippen LogP contribution < -0.4 is 9.75 Å². The maximum atomic E-state index is 2.45. The summed E-state index contributed by atoms with van der Waals surface area (Å²) < 4.78 is 2.34. The summed E-state index contributed by atoms with van der Waals surface area (Å²) >= 11 is 0. The second-order valence-corrected chi connectivity index (χ2v) is 14.4. The molecule has 0 spiro atoms. The molecule has 1 aromatic heterocycles. The third kappa shape index (κ3) is 3.98. The van der Waals surface area contributed by atoms with Gasteiger partial charge in [0.15, 0.2) is 6.20 Å². The van der Waals surface area contributed by atoms with E-state index in [-0.39, 0.29) is 0 Å². The van der Waals surface area contributed by atoms with Crippen molar-refractivity contribution in [1.29, 1.82) is 0 Å². The molecule has 0 aliphatic heterocycles. The van der Waals surface area contributed by atoms with Crippen molar-refractivity contribution >= 4 is 13.3 Å². The van der Waals surface area contributed by atoms with Crippen LogP contribution in [-0.4, -0.2) is 8.07 Å². The molecule has 3 rings (SSSR count). The van der Waals surface area contributed by atoms with Gasteiger partial charge < -0.3 is 0 Å². The standard InChI is InChI=1S/C26H34NSi/c1-18(2)22-16-25(27(5)17-26(22)28(6,7)8)24-15-23(19(3)14-20(24)4)21-12-10-9-11-13-21/h9-18H,1-8H3/q+1. The molecule has 0 saturated carbocycles. The topological polar surface area (TPSA) is 3.88 Å². The van der Waals surface area contributed by atoms with Gasteiger partial charge in [-0.3, -0.25) is 0 Å². The molecule has 2 aromatic carbocycles. The Morgan fingerprint density at radius 1 is 0.821 bits per heavy atom. The monoisotopic (exact) mass is 388 g/mol. The fraction of sp³-hybridized carbons (Fsp3) is 0.346. The highest BCUT2D eigenvalue weighted by Gasteiger charge is 2.27. The van der Waals surface area contributed by atoms with E-state index >= 15 is 0 Å². The highest BCUT2D eigenvalue weighted by Crippen LogP contribution is 2.32. The molecule has 0 fully saturated rings. The van der Waals surface area contributed by atoms with Gasteiger partial charge in [0.1, 0.15) is 7.05 Å². The minimum atomic E-state index is -1.40. The third-order valence-electron chi connectivity index (χ3n) is 5.67. The van der Waals surface area contributed by atoms with E-state index in [0.29, 0.717) is 5.92 Å². The van der Waals surface area contributed by atoms with E-state index in [1.165, 1.54) is 39.1 Å². The van der Waals surface area contributed by atoms with Crippen LogP contribution in [0.1, 0.15) is 36.5 Å². The lowest BCUT2D eigenvalue weighted by molar-refractivity contribution is -0.659. The predicted molar refractivity (Wildman–Crippen MR) is 125 cm³/mol. The van der Waals surface area contributed by atoms with Crippen molar-refractivity contribution in [2.75, 3.05) is 0 Å². The van der Waals surface area contributed by atoms with Gasteiger partial charge in [0.25, 0.3) is 0 Å². The molecule has 1 nitrogen and oxygen atoms in total. The Morgan fingerprint density at radius 2 is 1.43 bits per heavy atom. The number of nitrogens with zero attached hydrogens (tertiary/aromatic N) is 1. The van der Waals surface area contributed by atoms with E-state index in [1.807, 2.05) is 0 Å². The van der Waals surface area contributed by atoms with Crippen LogP contribution in [0.3, 0.4) is 0 Å². The SMILES string of the molecule is Cc1cc(C)c(-c2cc(C(C)C)c([Si](C)(C)C)c[n+]2C)cc1-c1ccccc1. The predicted octanol–water partition coefficient (Wildman–Crippen LogP) is 6.13. The van der Waals surface area contributed by atoms with Crippen molar-refractivity contribution in [3.63, 3.8) is 0 Å². The van der Waals surface area contributed by atoms with Gasteiger partial charge in [0.05, 0.1) is 8.07 Å². The first kappa shape index (κ1) is 20.5. The highest BCUT2D eigenvalue weighted by molar-refractivity contribution is 6.89. The molecule has 28 heavy (non-hydrogen) atoms. The molecule has 1 heterocycles. The largest absolute Gasteiger partial charge is 0.212 e. The number of hydrogen-bond acceptors (Lipinski definition) is 0. The normalized spacial score (nSPS) is 11.9. The molecule has 0 aliphatic carbocycles. The lowest BCUT2D eigenvalue weighted by Gasteiger charge is -2.22. The van der Waals surface area contributed by atoms with Gasteiger partial charge in [0.2, 0.25) is 5.69 Å². The fourth-order valence-corrected chi connectivity index (χ4v) is 5.90. The molecule has 3 aromatic rings. The Balaban J connectivity index is 2.25. The van der Waals surface area contributed by atoms with Crippen molar-refractivity contribution in [1.82, 2.24) is 0 Å². The quantitative estimate of drug-likeness (QED) is 0.374. The molecule has 0 bridgehead atoms. The van der Waals surface area contributed by atoms with Gasteiger partial charge in [0, 0.05) is 16.8 Å². The first-order chi connectivity index (χ1) is 13.1. The molecule has 0 aliphatic rings. The van der Waals surface area contributed by atoms with Crippen molar-refractivity contribution in [2.24, 2.45) is 7.05 Å². The summed E-state index contributed by atoms with van der Waals surface area (Å²) in [7, 11) is 0.796. The Bertz CT molecular complexity index is 995. The summed E-state index contributed by atoms with van der Waals surface area (Å²) in [5.74, 6) is 0.529. The first-order valence-corrected chi connectivity index (χ1v) is 13.8. The zero-order valence-corrected chi connectivity index (χ0v) is 19.7. The van der Waals surface area contributed by atoms with Gasteiger partial charge in [-0.15, -0.1) is 0 Å². The highest BCUT2D eigenvalue weighted by atomic mass is 28.3. The van der Waals surface area contributed by atoms with Crippen LogP contribution >= 0.6 is 0 Å². The lowest BCUT2D eigenvalue weighted by atomic mass is 9.92. The molecular formula is C26H34NSi+. The van der Waals surface area contributed by atoms with Gasteiger partial charge in [-0.1, -0.05) is 69.9 Å². The Kier molecular flexibility index (Phi) is 5.63. The Hall–Kier alpha value is -2.19. The lowest BCUT2D eigenvalue weighted by Crippen LogP contribution is -2.47. The molecule has 0 atom stereocenters. The fourth-order valence-electron chi connectivity index (χ4n) is 4.09. The number of aromatic nitrogens is 1. The minimum Gasteiger partial charge on any atom is -0.201 e. The molecule has 2 heteroatoms. The zero-order chi connectivity index (χ0) is 20.6. The van der Waals surface area contributed by atoms with E-state index in [2.05, 4.69) is 114 Å². The summed E-state index contributed by atoms with van der Waals surface area (Å²) in [5, 5.41) is 1.57. The maximum absolute atomic E-state index is 2.45. The number of benzene rings is 2. The van der Waals surface area contributed by atoms with Crippen LogP contribution in [0.15, 0.2) is 54.7 Å². The maximum Gasteiger partial charge on any atom is 0.212 e. The van der Waals surface area contributed by atoms with Crippen molar-refractivity contribution in [3.05, 3.63) is 71.4 Å².